The first-order valence-corrected chi connectivity index (χ1v) is 10.00. The molecule has 2 rings (SSSR count). The molecule has 0 fully saturated rings. The molecule has 0 radical (unpaired) electrons. The van der Waals surface area contributed by atoms with Crippen LogP contribution in [0.25, 0.3) is 0 Å². The van der Waals surface area contributed by atoms with Crippen molar-refractivity contribution < 1.29 is 13.2 Å². The topological polar surface area (TPSA) is 101 Å². The van der Waals surface area contributed by atoms with Gasteiger partial charge in [-0.15, -0.1) is 0 Å². The molecule has 0 unspecified atom stereocenters. The second kappa shape index (κ2) is 8.93. The largest absolute Gasteiger partial charge is 0.326 e. The highest BCUT2D eigenvalue weighted by molar-refractivity contribution is 7.89. The highest BCUT2D eigenvalue weighted by Crippen LogP contribution is 2.14. The predicted octanol–water partition coefficient (Wildman–Crippen LogP) is 2.11. The monoisotopic (exact) mass is 375 g/mol. The zero-order valence-electron chi connectivity index (χ0n) is 15.1. The van der Waals surface area contributed by atoms with Crippen LogP contribution in [0.5, 0.6) is 0 Å². The molecule has 0 aliphatic carbocycles. The van der Waals surface area contributed by atoms with Crippen LogP contribution in [0.3, 0.4) is 0 Å². The second-order valence-corrected chi connectivity index (χ2v) is 7.85. The summed E-state index contributed by atoms with van der Waals surface area (Å²) < 4.78 is 22.4. The van der Waals surface area contributed by atoms with Gasteiger partial charge < -0.3 is 10.6 Å². The number of amides is 1. The highest BCUT2D eigenvalue weighted by Gasteiger charge is 2.07. The fraction of sp³-hybridized carbons (Fsp3) is 0.316. The van der Waals surface area contributed by atoms with Gasteiger partial charge in [0.05, 0.1) is 4.90 Å². The molecule has 0 aliphatic rings. The summed E-state index contributed by atoms with van der Waals surface area (Å²) in [6.07, 6.45) is 1.13. The molecule has 6 nitrogen and oxygen atoms in total. The molecule has 0 atom stereocenters. The Labute approximate surface area is 154 Å². The molecule has 0 bridgehead atoms. The van der Waals surface area contributed by atoms with Crippen LogP contribution in [-0.4, -0.2) is 27.4 Å². The lowest BCUT2D eigenvalue weighted by molar-refractivity contribution is -0.116. The van der Waals surface area contributed by atoms with Crippen molar-refractivity contribution in [1.82, 2.24) is 5.32 Å². The smallest absolute Gasteiger partial charge is 0.238 e. The van der Waals surface area contributed by atoms with Gasteiger partial charge in [0.25, 0.3) is 0 Å². The summed E-state index contributed by atoms with van der Waals surface area (Å²) in [7, 11) is -3.65. The maximum atomic E-state index is 12.0. The van der Waals surface area contributed by atoms with Gasteiger partial charge in [-0.05, 0) is 67.8 Å². The average Bonchev–Trinajstić information content (AvgIpc) is 2.57. The number of nitrogens with two attached hydrogens (primary N) is 1. The molecule has 0 spiro atoms. The summed E-state index contributed by atoms with van der Waals surface area (Å²) in [4.78, 5) is 12.1. The number of carbonyl (C=O) groups excluding carboxylic acids is 1. The number of nitrogens with one attached hydrogen (secondary N) is 2. The molecular weight excluding hydrogens is 350 g/mol. The zero-order valence-corrected chi connectivity index (χ0v) is 15.9. The lowest BCUT2D eigenvalue weighted by Crippen LogP contribution is -2.23. The molecule has 1 amide bonds. The minimum atomic E-state index is -3.65. The van der Waals surface area contributed by atoms with Gasteiger partial charge in [0.15, 0.2) is 0 Å². The van der Waals surface area contributed by atoms with Gasteiger partial charge in [0.1, 0.15) is 0 Å². The number of rotatable bonds is 8. The second-order valence-electron chi connectivity index (χ2n) is 6.29. The Morgan fingerprint density at radius 3 is 2.31 bits per heavy atom. The molecule has 0 saturated heterocycles. The summed E-state index contributed by atoms with van der Waals surface area (Å²) in [6, 6.07) is 12.3. The lowest BCUT2D eigenvalue weighted by atomic mass is 10.1. The highest BCUT2D eigenvalue weighted by atomic mass is 32.2. The Kier molecular flexibility index (Phi) is 6.90. The van der Waals surface area contributed by atoms with E-state index in [9.17, 15) is 13.2 Å². The van der Waals surface area contributed by atoms with Crippen LogP contribution in [0.15, 0.2) is 47.4 Å². The van der Waals surface area contributed by atoms with Crippen LogP contribution in [0, 0.1) is 13.8 Å². The van der Waals surface area contributed by atoms with Crippen molar-refractivity contribution in [2.45, 2.75) is 31.6 Å². The van der Waals surface area contributed by atoms with Gasteiger partial charge >= 0.3 is 0 Å². The Balaban J connectivity index is 1.68. The SMILES string of the molecule is Cc1ccc(NC(=O)CCNCCc2ccc(S(N)(=O)=O)cc2)cc1C. The molecule has 140 valence electrons. The third-order valence-corrected chi connectivity index (χ3v) is 5.09. The van der Waals surface area contributed by atoms with Gasteiger partial charge in [-0.25, -0.2) is 13.6 Å². The fourth-order valence-electron chi connectivity index (χ4n) is 2.45. The van der Waals surface area contributed by atoms with Crippen molar-refractivity contribution in [3.63, 3.8) is 0 Å². The minimum Gasteiger partial charge on any atom is -0.326 e. The number of hydrogen-bond donors (Lipinski definition) is 3. The van der Waals surface area contributed by atoms with Gasteiger partial charge in [0, 0.05) is 18.7 Å². The van der Waals surface area contributed by atoms with E-state index in [0.717, 1.165) is 23.2 Å². The summed E-state index contributed by atoms with van der Waals surface area (Å²) in [5.41, 5.74) is 4.16. The lowest BCUT2D eigenvalue weighted by Gasteiger charge is -2.08. The Morgan fingerprint density at radius 2 is 1.69 bits per heavy atom. The molecule has 2 aromatic carbocycles. The van der Waals surface area contributed by atoms with E-state index < -0.39 is 10.0 Å². The van der Waals surface area contributed by atoms with Gasteiger partial charge in [-0.2, -0.15) is 0 Å². The number of carbonyl (C=O) groups is 1. The minimum absolute atomic E-state index is 0.0294. The zero-order chi connectivity index (χ0) is 19.2. The molecule has 0 heterocycles. The normalized spacial score (nSPS) is 11.3. The predicted molar refractivity (Wildman–Crippen MR) is 104 cm³/mol. The summed E-state index contributed by atoms with van der Waals surface area (Å²) in [5, 5.41) is 11.2. The molecule has 0 saturated carbocycles. The van der Waals surface area contributed by atoms with E-state index in [1.807, 2.05) is 32.0 Å². The maximum absolute atomic E-state index is 12.0. The fourth-order valence-corrected chi connectivity index (χ4v) is 2.96. The number of anilines is 1. The number of hydrogen-bond acceptors (Lipinski definition) is 4. The molecule has 26 heavy (non-hydrogen) atoms. The number of sulfonamides is 1. The van der Waals surface area contributed by atoms with Crippen molar-refractivity contribution in [3.8, 4) is 0 Å². The third-order valence-electron chi connectivity index (χ3n) is 4.16. The van der Waals surface area contributed by atoms with Crippen LogP contribution in [-0.2, 0) is 21.2 Å². The molecule has 4 N–H and O–H groups in total. The quantitative estimate of drug-likeness (QED) is 0.615. The molecular formula is C19H25N3O3S. The van der Waals surface area contributed by atoms with Crippen LogP contribution in [0.4, 0.5) is 5.69 Å². The van der Waals surface area contributed by atoms with E-state index in [1.165, 1.54) is 17.7 Å². The van der Waals surface area contributed by atoms with Crippen molar-refractivity contribution in [1.29, 1.82) is 0 Å². The van der Waals surface area contributed by atoms with Crippen molar-refractivity contribution in [2.24, 2.45) is 5.14 Å². The molecule has 7 heteroatoms. The summed E-state index contributed by atoms with van der Waals surface area (Å²) in [5.74, 6) is -0.0294. The van der Waals surface area contributed by atoms with E-state index in [-0.39, 0.29) is 10.8 Å². The van der Waals surface area contributed by atoms with Gasteiger partial charge in [-0.1, -0.05) is 18.2 Å². The van der Waals surface area contributed by atoms with E-state index in [2.05, 4.69) is 10.6 Å². The van der Waals surface area contributed by atoms with Crippen LogP contribution in [0.1, 0.15) is 23.1 Å². The Bertz CT molecular complexity index is 862. The van der Waals surface area contributed by atoms with E-state index in [1.54, 1.807) is 12.1 Å². The standard InChI is InChI=1S/C19H25N3O3S/c1-14-3-6-17(13-15(14)2)22-19(23)10-12-21-11-9-16-4-7-18(8-5-16)26(20,24)25/h3-8,13,21H,9-12H2,1-2H3,(H,22,23)(H2,20,24,25). The molecule has 2 aromatic rings. The molecule has 0 aromatic heterocycles. The summed E-state index contributed by atoms with van der Waals surface area (Å²) in [6.45, 7) is 5.33. The van der Waals surface area contributed by atoms with Crippen molar-refractivity contribution >= 4 is 21.6 Å². The van der Waals surface area contributed by atoms with Crippen LogP contribution < -0.4 is 15.8 Å². The van der Waals surface area contributed by atoms with Crippen molar-refractivity contribution in [2.75, 3.05) is 18.4 Å². The summed E-state index contributed by atoms with van der Waals surface area (Å²) >= 11 is 0. The first-order chi connectivity index (χ1) is 12.3. The van der Waals surface area contributed by atoms with E-state index >= 15 is 0 Å². The van der Waals surface area contributed by atoms with Crippen molar-refractivity contribution in [3.05, 3.63) is 59.2 Å². The first-order valence-electron chi connectivity index (χ1n) is 8.45. The van der Waals surface area contributed by atoms with Gasteiger partial charge in [0.2, 0.25) is 15.9 Å². The third kappa shape index (κ3) is 6.25. The Hall–Kier alpha value is -2.22. The van der Waals surface area contributed by atoms with Gasteiger partial charge in [-0.3, -0.25) is 4.79 Å². The maximum Gasteiger partial charge on any atom is 0.238 e. The number of benzene rings is 2. The van der Waals surface area contributed by atoms with E-state index in [0.29, 0.717) is 19.5 Å². The number of primary sulfonamides is 1. The Morgan fingerprint density at radius 1 is 1.00 bits per heavy atom. The number of aryl methyl sites for hydroxylation is 2. The van der Waals surface area contributed by atoms with E-state index in [4.69, 9.17) is 5.14 Å². The average molecular weight is 375 g/mol. The van der Waals surface area contributed by atoms with Crippen LogP contribution >= 0.6 is 0 Å². The van der Waals surface area contributed by atoms with Crippen LogP contribution in [0.2, 0.25) is 0 Å². The first kappa shape index (κ1) is 20.1. The molecule has 0 aliphatic heterocycles.